The highest BCUT2D eigenvalue weighted by Gasteiger charge is 2.25. The molecule has 1 aromatic carbocycles. The zero-order valence-electron chi connectivity index (χ0n) is 19.3. The Kier molecular flexibility index (Phi) is 7.70. The number of thioether (sulfide) groups is 1. The van der Waals surface area contributed by atoms with Crippen molar-refractivity contribution in [3.8, 4) is 23.2 Å². The van der Waals surface area contributed by atoms with Gasteiger partial charge >= 0.3 is 0 Å². The lowest BCUT2D eigenvalue weighted by molar-refractivity contribution is -0.115. The lowest BCUT2D eigenvalue weighted by Gasteiger charge is -2.13. The number of fused-ring (bicyclic) bond motifs is 1. The molecule has 0 saturated heterocycles. The molecule has 2 heterocycles. The summed E-state index contributed by atoms with van der Waals surface area (Å²) < 4.78 is 7.18. The van der Waals surface area contributed by atoms with Gasteiger partial charge in [0, 0.05) is 17.0 Å². The second kappa shape index (κ2) is 10.9. The van der Waals surface area contributed by atoms with E-state index in [0.29, 0.717) is 28.1 Å². The van der Waals surface area contributed by atoms with E-state index in [1.54, 1.807) is 24.5 Å². The van der Waals surface area contributed by atoms with Gasteiger partial charge in [0.15, 0.2) is 11.0 Å². The SMILES string of the molecule is C=CCn1c(SC(C)C(=O)Nc2sc3c(c2C#N)CCCCC3)nnc1-c1ccc(OC)cc1. The number of hydrogen-bond acceptors (Lipinski definition) is 7. The minimum absolute atomic E-state index is 0.156. The number of amides is 1. The van der Waals surface area contributed by atoms with Crippen LogP contribution in [0.15, 0.2) is 42.1 Å². The van der Waals surface area contributed by atoms with Gasteiger partial charge in [-0.1, -0.05) is 24.3 Å². The second-order valence-corrected chi connectivity index (χ2v) is 10.5. The van der Waals surface area contributed by atoms with Gasteiger partial charge in [-0.25, -0.2) is 0 Å². The number of methoxy groups -OCH3 is 1. The van der Waals surface area contributed by atoms with Gasteiger partial charge in [-0.3, -0.25) is 9.36 Å². The third kappa shape index (κ3) is 5.03. The van der Waals surface area contributed by atoms with Crippen LogP contribution in [0.2, 0.25) is 0 Å². The molecular formula is C25H27N5O2S2. The third-order valence-corrected chi connectivity index (χ3v) is 8.09. The Balaban J connectivity index is 1.52. The van der Waals surface area contributed by atoms with Gasteiger partial charge in [0.1, 0.15) is 16.8 Å². The molecule has 2 aromatic heterocycles. The molecular weight excluding hydrogens is 466 g/mol. The van der Waals surface area contributed by atoms with Crippen LogP contribution in [0.1, 0.15) is 42.2 Å². The summed E-state index contributed by atoms with van der Waals surface area (Å²) in [7, 11) is 1.63. The first-order valence-electron chi connectivity index (χ1n) is 11.3. The number of anilines is 1. The highest BCUT2D eigenvalue weighted by Crippen LogP contribution is 2.37. The fraction of sp³-hybridized carbons (Fsp3) is 0.360. The Morgan fingerprint density at radius 2 is 2.09 bits per heavy atom. The molecule has 0 fully saturated rings. The number of nitrogens with zero attached hydrogens (tertiary/aromatic N) is 4. The summed E-state index contributed by atoms with van der Waals surface area (Å²) in [5, 5.41) is 22.3. The van der Waals surface area contributed by atoms with Crippen LogP contribution in [0, 0.1) is 11.3 Å². The van der Waals surface area contributed by atoms with Crippen LogP contribution in [-0.4, -0.2) is 33.0 Å². The first-order valence-corrected chi connectivity index (χ1v) is 13.0. The Bertz CT molecular complexity index is 1220. The van der Waals surface area contributed by atoms with Crippen molar-refractivity contribution in [2.75, 3.05) is 12.4 Å². The maximum absolute atomic E-state index is 13.1. The average molecular weight is 494 g/mol. The standard InChI is InChI=1S/C25H27N5O2S2/c1-4-14-30-22(17-10-12-18(32-3)13-11-17)28-29-25(30)33-16(2)23(31)27-24-20(15-26)19-8-6-5-7-9-21(19)34-24/h4,10-13,16H,1,5-9,14H2,2-3H3,(H,27,31). The fourth-order valence-electron chi connectivity index (χ4n) is 4.00. The molecule has 34 heavy (non-hydrogen) atoms. The Morgan fingerprint density at radius 3 is 2.79 bits per heavy atom. The fourth-order valence-corrected chi connectivity index (χ4v) is 6.10. The van der Waals surface area contributed by atoms with Gasteiger partial charge in [-0.05, 0) is 62.4 Å². The van der Waals surface area contributed by atoms with E-state index in [0.717, 1.165) is 42.6 Å². The summed E-state index contributed by atoms with van der Waals surface area (Å²) in [5.41, 5.74) is 2.65. The summed E-state index contributed by atoms with van der Waals surface area (Å²) in [6, 6.07) is 9.93. The molecule has 1 aliphatic rings. The average Bonchev–Trinajstić information content (AvgIpc) is 3.30. The maximum atomic E-state index is 13.1. The smallest absolute Gasteiger partial charge is 0.238 e. The molecule has 7 nitrogen and oxygen atoms in total. The number of allylic oxidation sites excluding steroid dienone is 1. The van der Waals surface area contributed by atoms with Gasteiger partial charge in [0.05, 0.1) is 17.9 Å². The second-order valence-electron chi connectivity index (χ2n) is 8.06. The molecule has 0 spiro atoms. The molecule has 0 saturated carbocycles. The molecule has 3 aromatic rings. The van der Waals surface area contributed by atoms with Crippen molar-refractivity contribution in [1.82, 2.24) is 14.8 Å². The normalized spacial score (nSPS) is 13.9. The number of carbonyl (C=O) groups is 1. The Morgan fingerprint density at radius 1 is 1.32 bits per heavy atom. The molecule has 4 rings (SSSR count). The van der Waals surface area contributed by atoms with Crippen LogP contribution in [0.5, 0.6) is 5.75 Å². The lowest BCUT2D eigenvalue weighted by Crippen LogP contribution is -2.23. The van der Waals surface area contributed by atoms with E-state index >= 15 is 0 Å². The summed E-state index contributed by atoms with van der Waals surface area (Å²) in [5.74, 6) is 1.31. The van der Waals surface area contributed by atoms with Crippen molar-refractivity contribution in [1.29, 1.82) is 5.26 Å². The number of aromatic nitrogens is 3. The molecule has 0 radical (unpaired) electrons. The van der Waals surface area contributed by atoms with Gasteiger partial charge in [0.25, 0.3) is 0 Å². The Labute approximate surface area is 207 Å². The summed E-state index contributed by atoms with van der Waals surface area (Å²) >= 11 is 2.89. The van der Waals surface area contributed by atoms with E-state index in [2.05, 4.69) is 28.2 Å². The number of benzene rings is 1. The number of carbonyl (C=O) groups excluding carboxylic acids is 1. The van der Waals surface area contributed by atoms with Crippen molar-refractivity contribution >= 4 is 34.0 Å². The zero-order chi connectivity index (χ0) is 24.1. The predicted molar refractivity (Wildman–Crippen MR) is 136 cm³/mol. The summed E-state index contributed by atoms with van der Waals surface area (Å²) in [6.45, 7) is 6.21. The molecule has 0 aliphatic heterocycles. The third-order valence-electron chi connectivity index (χ3n) is 5.80. The molecule has 1 N–H and O–H groups in total. The van der Waals surface area contributed by atoms with Gasteiger partial charge in [-0.2, -0.15) is 5.26 Å². The number of hydrogen-bond donors (Lipinski definition) is 1. The topological polar surface area (TPSA) is 92.8 Å². The van der Waals surface area contributed by atoms with Gasteiger partial charge < -0.3 is 10.1 Å². The molecule has 1 aliphatic carbocycles. The van der Waals surface area contributed by atoms with Crippen molar-refractivity contribution in [3.05, 3.63) is 52.9 Å². The van der Waals surface area contributed by atoms with E-state index in [9.17, 15) is 10.1 Å². The van der Waals surface area contributed by atoms with E-state index < -0.39 is 5.25 Å². The minimum Gasteiger partial charge on any atom is -0.497 e. The van der Waals surface area contributed by atoms with Crippen LogP contribution >= 0.6 is 23.1 Å². The number of ether oxygens (including phenoxy) is 1. The Hall–Kier alpha value is -3.09. The van der Waals surface area contributed by atoms with Gasteiger partial charge in [-0.15, -0.1) is 28.1 Å². The highest BCUT2D eigenvalue weighted by molar-refractivity contribution is 8.00. The molecule has 1 unspecified atom stereocenters. The van der Waals surface area contributed by atoms with E-state index in [-0.39, 0.29) is 5.91 Å². The number of nitriles is 1. The van der Waals surface area contributed by atoms with Crippen LogP contribution < -0.4 is 10.1 Å². The predicted octanol–water partition coefficient (Wildman–Crippen LogP) is 5.46. The van der Waals surface area contributed by atoms with Gasteiger partial charge in [0.2, 0.25) is 5.91 Å². The van der Waals surface area contributed by atoms with E-state index in [4.69, 9.17) is 4.74 Å². The molecule has 1 atom stereocenters. The number of thiophene rings is 1. The van der Waals surface area contributed by atoms with Crippen LogP contribution in [0.3, 0.4) is 0 Å². The maximum Gasteiger partial charge on any atom is 0.238 e. The molecule has 1 amide bonds. The van der Waals surface area contributed by atoms with Crippen LogP contribution in [-0.2, 0) is 24.2 Å². The van der Waals surface area contributed by atoms with Crippen LogP contribution in [0.25, 0.3) is 11.4 Å². The lowest BCUT2D eigenvalue weighted by atomic mass is 10.1. The summed E-state index contributed by atoms with van der Waals surface area (Å²) in [4.78, 5) is 14.3. The minimum atomic E-state index is -0.426. The van der Waals surface area contributed by atoms with Crippen LogP contribution in [0.4, 0.5) is 5.00 Å². The molecule has 0 bridgehead atoms. The zero-order valence-corrected chi connectivity index (χ0v) is 21.0. The first kappa shape index (κ1) is 24.0. The highest BCUT2D eigenvalue weighted by atomic mass is 32.2. The van der Waals surface area contributed by atoms with Crippen molar-refractivity contribution in [2.45, 2.75) is 56.0 Å². The first-order chi connectivity index (χ1) is 16.5. The molecule has 176 valence electrons. The quantitative estimate of drug-likeness (QED) is 0.254. The largest absolute Gasteiger partial charge is 0.497 e. The molecule has 9 heteroatoms. The monoisotopic (exact) mass is 493 g/mol. The number of aryl methyl sites for hydroxylation is 1. The van der Waals surface area contributed by atoms with E-state index in [1.165, 1.54) is 23.1 Å². The van der Waals surface area contributed by atoms with Crippen molar-refractivity contribution < 1.29 is 9.53 Å². The van der Waals surface area contributed by atoms with Crippen molar-refractivity contribution in [2.24, 2.45) is 0 Å². The van der Waals surface area contributed by atoms with E-state index in [1.807, 2.05) is 35.8 Å². The number of nitrogens with one attached hydrogen (secondary N) is 1. The summed E-state index contributed by atoms with van der Waals surface area (Å²) in [6.07, 6.45) is 7.08. The van der Waals surface area contributed by atoms with Crippen molar-refractivity contribution in [3.63, 3.8) is 0 Å². The number of rotatable bonds is 8.